The second kappa shape index (κ2) is 4.36. The van der Waals surface area contributed by atoms with Gasteiger partial charge < -0.3 is 16.0 Å². The van der Waals surface area contributed by atoms with Gasteiger partial charge in [-0.2, -0.15) is 15.0 Å². The summed E-state index contributed by atoms with van der Waals surface area (Å²) in [6.45, 7) is 4.67. The molecule has 7 heteroatoms. The standard InChI is InChI=1S/C10H15N7/c1-6-5-17(7(2)13-6)4-3-8-14-9(11)16-10(12)15-8/h5H,3-4H2,1-2H3,(H4,11,12,14,15,16). The molecule has 2 rings (SSSR count). The van der Waals surface area contributed by atoms with E-state index in [2.05, 4.69) is 19.9 Å². The molecule has 0 spiro atoms. The van der Waals surface area contributed by atoms with Gasteiger partial charge in [0.05, 0.1) is 5.69 Å². The summed E-state index contributed by atoms with van der Waals surface area (Å²) >= 11 is 0. The van der Waals surface area contributed by atoms with E-state index < -0.39 is 0 Å². The van der Waals surface area contributed by atoms with Gasteiger partial charge in [0.2, 0.25) is 11.9 Å². The molecule has 0 aliphatic rings. The summed E-state index contributed by atoms with van der Waals surface area (Å²) in [5, 5.41) is 0. The van der Waals surface area contributed by atoms with Crippen LogP contribution in [0.3, 0.4) is 0 Å². The predicted molar refractivity (Wildman–Crippen MR) is 64.1 cm³/mol. The summed E-state index contributed by atoms with van der Waals surface area (Å²) in [4.78, 5) is 16.1. The van der Waals surface area contributed by atoms with Gasteiger partial charge in [0, 0.05) is 19.2 Å². The molecule has 0 aliphatic carbocycles. The van der Waals surface area contributed by atoms with Gasteiger partial charge in [-0.15, -0.1) is 0 Å². The van der Waals surface area contributed by atoms with Crippen LogP contribution >= 0.6 is 0 Å². The van der Waals surface area contributed by atoms with E-state index in [0.717, 1.165) is 18.1 Å². The van der Waals surface area contributed by atoms with Crippen LogP contribution in [0.25, 0.3) is 0 Å². The topological polar surface area (TPSA) is 109 Å². The number of nitrogens with two attached hydrogens (primary N) is 2. The van der Waals surface area contributed by atoms with Crippen molar-refractivity contribution in [1.82, 2.24) is 24.5 Å². The number of hydrogen-bond acceptors (Lipinski definition) is 6. The number of anilines is 2. The summed E-state index contributed by atoms with van der Waals surface area (Å²) in [5.41, 5.74) is 12.0. The molecule has 4 N–H and O–H groups in total. The number of imidazole rings is 1. The van der Waals surface area contributed by atoms with E-state index in [1.807, 2.05) is 24.6 Å². The van der Waals surface area contributed by atoms with Crippen LogP contribution in [0.1, 0.15) is 17.3 Å². The minimum absolute atomic E-state index is 0.158. The highest BCUT2D eigenvalue weighted by atomic mass is 15.1. The fourth-order valence-corrected chi connectivity index (χ4v) is 1.68. The first-order valence-corrected chi connectivity index (χ1v) is 5.31. The number of nitrogen functional groups attached to an aromatic ring is 2. The van der Waals surface area contributed by atoms with Gasteiger partial charge in [-0.25, -0.2) is 4.98 Å². The number of aromatic nitrogens is 5. The van der Waals surface area contributed by atoms with E-state index in [4.69, 9.17) is 11.5 Å². The van der Waals surface area contributed by atoms with E-state index in [1.165, 1.54) is 0 Å². The molecule has 7 nitrogen and oxygen atoms in total. The molecule has 0 fully saturated rings. The number of nitrogens with zero attached hydrogens (tertiary/aromatic N) is 5. The van der Waals surface area contributed by atoms with Gasteiger partial charge in [-0.05, 0) is 13.8 Å². The lowest BCUT2D eigenvalue weighted by Gasteiger charge is -2.04. The Morgan fingerprint density at radius 1 is 1.06 bits per heavy atom. The van der Waals surface area contributed by atoms with Crippen molar-refractivity contribution in [3.8, 4) is 0 Å². The lowest BCUT2D eigenvalue weighted by molar-refractivity contribution is 0.651. The minimum Gasteiger partial charge on any atom is -0.368 e. The van der Waals surface area contributed by atoms with Crippen LogP contribution in [0.15, 0.2) is 6.20 Å². The summed E-state index contributed by atoms with van der Waals surface area (Å²) in [6.07, 6.45) is 2.64. The highest BCUT2D eigenvalue weighted by Gasteiger charge is 2.04. The van der Waals surface area contributed by atoms with Crippen molar-refractivity contribution in [1.29, 1.82) is 0 Å². The lowest BCUT2D eigenvalue weighted by Crippen LogP contribution is -2.10. The first-order chi connectivity index (χ1) is 8.04. The average Bonchev–Trinajstić information content (AvgIpc) is 2.53. The van der Waals surface area contributed by atoms with Crippen molar-refractivity contribution < 1.29 is 0 Å². The van der Waals surface area contributed by atoms with E-state index in [-0.39, 0.29) is 11.9 Å². The van der Waals surface area contributed by atoms with Crippen LogP contribution in [0, 0.1) is 13.8 Å². The quantitative estimate of drug-likeness (QED) is 0.777. The van der Waals surface area contributed by atoms with Crippen molar-refractivity contribution in [2.45, 2.75) is 26.8 Å². The number of aryl methyl sites for hydroxylation is 4. The van der Waals surface area contributed by atoms with E-state index in [0.29, 0.717) is 12.2 Å². The van der Waals surface area contributed by atoms with Crippen molar-refractivity contribution >= 4 is 11.9 Å². The summed E-state index contributed by atoms with van der Waals surface area (Å²) in [7, 11) is 0. The molecule has 0 amide bonds. The van der Waals surface area contributed by atoms with Crippen LogP contribution in [0.2, 0.25) is 0 Å². The molecule has 0 saturated carbocycles. The number of rotatable bonds is 3. The lowest BCUT2D eigenvalue weighted by atomic mass is 10.4. The predicted octanol–water partition coefficient (Wildman–Crippen LogP) is 0.0920. The Hall–Kier alpha value is -2.18. The van der Waals surface area contributed by atoms with Crippen LogP contribution in [-0.4, -0.2) is 24.5 Å². The van der Waals surface area contributed by atoms with Crippen LogP contribution in [0.4, 0.5) is 11.9 Å². The van der Waals surface area contributed by atoms with E-state index in [9.17, 15) is 0 Å². The highest BCUT2D eigenvalue weighted by Crippen LogP contribution is 2.04. The third-order valence-electron chi connectivity index (χ3n) is 2.39. The SMILES string of the molecule is Cc1cn(CCc2nc(N)nc(N)n2)c(C)n1. The molecule has 0 bridgehead atoms. The normalized spacial score (nSPS) is 10.7. The zero-order valence-corrected chi connectivity index (χ0v) is 9.88. The highest BCUT2D eigenvalue weighted by molar-refractivity contribution is 5.25. The van der Waals surface area contributed by atoms with Crippen molar-refractivity contribution in [3.05, 3.63) is 23.5 Å². The largest absolute Gasteiger partial charge is 0.368 e. The fourth-order valence-electron chi connectivity index (χ4n) is 1.68. The second-order valence-electron chi connectivity index (χ2n) is 3.84. The average molecular weight is 233 g/mol. The van der Waals surface area contributed by atoms with Gasteiger partial charge in [0.25, 0.3) is 0 Å². The van der Waals surface area contributed by atoms with Gasteiger partial charge in [-0.3, -0.25) is 0 Å². The van der Waals surface area contributed by atoms with Gasteiger partial charge >= 0.3 is 0 Å². The van der Waals surface area contributed by atoms with Crippen LogP contribution < -0.4 is 11.5 Å². The van der Waals surface area contributed by atoms with Gasteiger partial charge in [-0.1, -0.05) is 0 Å². The Morgan fingerprint density at radius 2 is 1.71 bits per heavy atom. The summed E-state index contributed by atoms with van der Waals surface area (Å²) in [5.74, 6) is 1.88. The smallest absolute Gasteiger partial charge is 0.225 e. The maximum absolute atomic E-state index is 5.50. The Bertz CT molecular complexity index is 511. The van der Waals surface area contributed by atoms with Crippen LogP contribution in [-0.2, 0) is 13.0 Å². The van der Waals surface area contributed by atoms with Gasteiger partial charge in [0.1, 0.15) is 11.6 Å². The Labute approximate surface area is 98.9 Å². The molecular formula is C10H15N7. The first-order valence-electron chi connectivity index (χ1n) is 5.31. The minimum atomic E-state index is 0.158. The summed E-state index contributed by atoms with van der Waals surface area (Å²) < 4.78 is 2.05. The fraction of sp³-hybridized carbons (Fsp3) is 0.400. The monoisotopic (exact) mass is 233 g/mol. The molecule has 2 heterocycles. The third kappa shape index (κ3) is 2.68. The second-order valence-corrected chi connectivity index (χ2v) is 3.84. The number of hydrogen-bond donors (Lipinski definition) is 2. The molecule has 2 aromatic heterocycles. The molecule has 0 atom stereocenters. The molecule has 0 aliphatic heterocycles. The molecule has 0 unspecified atom stereocenters. The molecule has 2 aromatic rings. The molecule has 0 aromatic carbocycles. The van der Waals surface area contributed by atoms with E-state index in [1.54, 1.807) is 0 Å². The maximum Gasteiger partial charge on any atom is 0.225 e. The van der Waals surface area contributed by atoms with E-state index >= 15 is 0 Å². The molecule has 0 saturated heterocycles. The maximum atomic E-state index is 5.50. The summed E-state index contributed by atoms with van der Waals surface area (Å²) in [6, 6.07) is 0. The van der Waals surface area contributed by atoms with Crippen molar-refractivity contribution in [2.75, 3.05) is 11.5 Å². The Kier molecular flexibility index (Phi) is 2.90. The molecule has 90 valence electrons. The Morgan fingerprint density at radius 3 is 2.24 bits per heavy atom. The molecular weight excluding hydrogens is 218 g/mol. The molecule has 0 radical (unpaired) electrons. The zero-order valence-electron chi connectivity index (χ0n) is 9.88. The van der Waals surface area contributed by atoms with Gasteiger partial charge in [0.15, 0.2) is 0 Å². The third-order valence-corrected chi connectivity index (χ3v) is 2.39. The Balaban J connectivity index is 2.09. The first kappa shape index (κ1) is 11.3. The molecule has 17 heavy (non-hydrogen) atoms. The zero-order chi connectivity index (χ0) is 12.4. The van der Waals surface area contributed by atoms with Crippen molar-refractivity contribution in [2.24, 2.45) is 0 Å². The van der Waals surface area contributed by atoms with Crippen LogP contribution in [0.5, 0.6) is 0 Å². The van der Waals surface area contributed by atoms with Crippen molar-refractivity contribution in [3.63, 3.8) is 0 Å².